The van der Waals surface area contributed by atoms with Gasteiger partial charge in [-0.3, -0.25) is 0 Å². The topological polar surface area (TPSA) is 12.0 Å². The van der Waals surface area contributed by atoms with Crippen molar-refractivity contribution in [3.63, 3.8) is 0 Å². The van der Waals surface area contributed by atoms with E-state index in [2.05, 4.69) is 65.4 Å². The monoisotopic (exact) mass is 383 g/mol. The van der Waals surface area contributed by atoms with Gasteiger partial charge in [-0.25, -0.2) is 0 Å². The molecule has 0 saturated heterocycles. The normalized spacial score (nSPS) is 12.4. The molecule has 0 aliphatic rings. The van der Waals surface area contributed by atoms with Crippen LogP contribution in [0.2, 0.25) is 5.02 Å². The van der Waals surface area contributed by atoms with Crippen molar-refractivity contribution in [3.05, 3.63) is 57.5 Å². The predicted molar refractivity (Wildman–Crippen MR) is 96.4 cm³/mol. The van der Waals surface area contributed by atoms with E-state index in [-0.39, 0.29) is 0 Å². The van der Waals surface area contributed by atoms with Crippen LogP contribution in [0.1, 0.15) is 31.9 Å². The number of nitrogens with one attached hydrogen (secondary N) is 1. The smallest absolute Gasteiger partial charge is 0.0548 e. The quantitative estimate of drug-likeness (QED) is 0.626. The zero-order valence-electron chi connectivity index (χ0n) is 12.2. The Bertz CT molecular complexity index is 603. The molecule has 1 nitrogen and oxygen atoms in total. The molecule has 0 aromatic heterocycles. The Kier molecular flexibility index (Phi) is 6.62. The van der Waals surface area contributed by atoms with E-state index < -0.39 is 0 Å². The number of halogens is 2. The molecule has 0 radical (unpaired) electrons. The average Bonchev–Trinajstić information content (AvgIpc) is 2.47. The van der Waals surface area contributed by atoms with Crippen LogP contribution in [-0.2, 0) is 0 Å². The van der Waals surface area contributed by atoms with Gasteiger partial charge in [0.05, 0.1) is 5.02 Å². The Balaban J connectivity index is 2.12. The number of benzene rings is 2. The van der Waals surface area contributed by atoms with Crippen molar-refractivity contribution in [2.75, 3.05) is 6.54 Å². The van der Waals surface area contributed by atoms with Crippen LogP contribution in [0.3, 0.4) is 0 Å². The molecule has 1 N–H and O–H groups in total. The van der Waals surface area contributed by atoms with Gasteiger partial charge < -0.3 is 5.32 Å². The molecule has 0 bridgehead atoms. The third-order valence-corrected chi connectivity index (χ3v) is 5.16. The highest BCUT2D eigenvalue weighted by Crippen LogP contribution is 2.35. The third-order valence-electron chi connectivity index (χ3n) is 3.18. The van der Waals surface area contributed by atoms with Crippen LogP contribution in [0.15, 0.2) is 56.7 Å². The molecule has 21 heavy (non-hydrogen) atoms. The van der Waals surface area contributed by atoms with E-state index in [0.29, 0.717) is 6.04 Å². The van der Waals surface area contributed by atoms with Gasteiger partial charge in [-0.05, 0) is 55.8 Å². The molecule has 2 aromatic rings. The first-order valence-corrected chi connectivity index (χ1v) is 9.05. The molecule has 2 rings (SSSR count). The third kappa shape index (κ3) is 5.03. The molecule has 0 spiro atoms. The fourth-order valence-electron chi connectivity index (χ4n) is 2.01. The van der Waals surface area contributed by atoms with Gasteiger partial charge >= 0.3 is 0 Å². The average molecular weight is 385 g/mol. The lowest BCUT2D eigenvalue weighted by atomic mass is 10.1. The van der Waals surface area contributed by atoms with Crippen molar-refractivity contribution >= 4 is 39.3 Å². The fourth-order valence-corrected chi connectivity index (χ4v) is 3.74. The van der Waals surface area contributed by atoms with Crippen LogP contribution in [0, 0.1) is 0 Å². The summed E-state index contributed by atoms with van der Waals surface area (Å²) in [6.07, 6.45) is 1.13. The highest BCUT2D eigenvalue weighted by atomic mass is 79.9. The van der Waals surface area contributed by atoms with E-state index in [1.165, 1.54) is 10.5 Å². The predicted octanol–water partition coefficient (Wildman–Crippen LogP) is 6.31. The lowest BCUT2D eigenvalue weighted by Gasteiger charge is -2.15. The van der Waals surface area contributed by atoms with Crippen LogP contribution in [0.25, 0.3) is 0 Å². The Hall–Kier alpha value is -0.480. The van der Waals surface area contributed by atoms with Crippen LogP contribution >= 0.6 is 39.3 Å². The van der Waals surface area contributed by atoms with Gasteiger partial charge in [-0.15, -0.1) is 0 Å². The molecule has 112 valence electrons. The van der Waals surface area contributed by atoms with Gasteiger partial charge in [0.1, 0.15) is 0 Å². The molecule has 0 heterocycles. The van der Waals surface area contributed by atoms with E-state index in [9.17, 15) is 0 Å². The summed E-state index contributed by atoms with van der Waals surface area (Å²) in [4.78, 5) is 2.26. The first kappa shape index (κ1) is 16.9. The summed E-state index contributed by atoms with van der Waals surface area (Å²) in [7, 11) is 0. The van der Waals surface area contributed by atoms with Crippen molar-refractivity contribution in [1.29, 1.82) is 0 Å². The van der Waals surface area contributed by atoms with Crippen molar-refractivity contribution in [2.45, 2.75) is 36.1 Å². The number of hydrogen-bond donors (Lipinski definition) is 1. The molecule has 4 heteroatoms. The van der Waals surface area contributed by atoms with E-state index in [4.69, 9.17) is 11.6 Å². The lowest BCUT2D eigenvalue weighted by molar-refractivity contribution is 0.570. The van der Waals surface area contributed by atoms with E-state index in [1.807, 2.05) is 12.1 Å². The second kappa shape index (κ2) is 8.23. The van der Waals surface area contributed by atoms with E-state index in [1.54, 1.807) is 11.8 Å². The molecule has 0 saturated carbocycles. The molecule has 0 aliphatic heterocycles. The minimum Gasteiger partial charge on any atom is -0.310 e. The Morgan fingerprint density at radius 3 is 2.71 bits per heavy atom. The van der Waals surface area contributed by atoms with Crippen LogP contribution in [0.5, 0.6) is 0 Å². The highest BCUT2D eigenvalue weighted by molar-refractivity contribution is 9.10. The summed E-state index contributed by atoms with van der Waals surface area (Å²) in [5, 5.41) is 4.29. The molecule has 2 aromatic carbocycles. The van der Waals surface area contributed by atoms with Gasteiger partial charge in [0.2, 0.25) is 0 Å². The first-order valence-electron chi connectivity index (χ1n) is 7.06. The molecule has 0 aliphatic carbocycles. The summed E-state index contributed by atoms with van der Waals surface area (Å²) >= 11 is 11.6. The summed E-state index contributed by atoms with van der Waals surface area (Å²) in [5.41, 5.74) is 1.23. The molecular formula is C17H19BrClNS. The zero-order valence-corrected chi connectivity index (χ0v) is 15.4. The SMILES string of the molecule is CCCNC(C)c1ccc(Sc2cccc(Br)c2)c(Cl)c1. The van der Waals surface area contributed by atoms with Gasteiger partial charge in [-0.1, -0.05) is 58.3 Å². The second-order valence-electron chi connectivity index (χ2n) is 4.93. The van der Waals surface area contributed by atoms with Crippen molar-refractivity contribution < 1.29 is 0 Å². The van der Waals surface area contributed by atoms with Gasteiger partial charge in [-0.2, -0.15) is 0 Å². The maximum absolute atomic E-state index is 6.44. The second-order valence-corrected chi connectivity index (χ2v) is 7.36. The van der Waals surface area contributed by atoms with Gasteiger partial charge in [0.25, 0.3) is 0 Å². The largest absolute Gasteiger partial charge is 0.310 e. The summed E-state index contributed by atoms with van der Waals surface area (Å²) in [5.74, 6) is 0. The zero-order chi connectivity index (χ0) is 15.2. The van der Waals surface area contributed by atoms with Crippen molar-refractivity contribution in [1.82, 2.24) is 5.32 Å². The minimum absolute atomic E-state index is 0.326. The molecule has 1 atom stereocenters. The maximum atomic E-state index is 6.44. The lowest BCUT2D eigenvalue weighted by Crippen LogP contribution is -2.19. The van der Waals surface area contributed by atoms with Crippen molar-refractivity contribution in [2.24, 2.45) is 0 Å². The molecule has 1 unspecified atom stereocenters. The van der Waals surface area contributed by atoms with Gasteiger partial charge in [0.15, 0.2) is 0 Å². The molecular weight excluding hydrogens is 366 g/mol. The number of rotatable bonds is 6. The van der Waals surface area contributed by atoms with E-state index >= 15 is 0 Å². The maximum Gasteiger partial charge on any atom is 0.0548 e. The van der Waals surface area contributed by atoms with Crippen LogP contribution < -0.4 is 5.32 Å². The first-order chi connectivity index (χ1) is 10.1. The summed E-state index contributed by atoms with van der Waals surface area (Å²) < 4.78 is 1.08. The van der Waals surface area contributed by atoms with Gasteiger partial charge in [0, 0.05) is 20.3 Å². The minimum atomic E-state index is 0.326. The fraction of sp³-hybridized carbons (Fsp3) is 0.294. The molecule has 0 fully saturated rings. The van der Waals surface area contributed by atoms with Crippen LogP contribution in [-0.4, -0.2) is 6.54 Å². The standard InChI is InChI=1S/C17H19BrClNS/c1-3-9-20-12(2)13-7-8-17(16(19)10-13)21-15-6-4-5-14(18)11-15/h4-8,10-12,20H,3,9H2,1-2H3. The Labute approximate surface area is 144 Å². The summed E-state index contributed by atoms with van der Waals surface area (Å²) in [6.45, 7) is 5.36. The molecule has 0 amide bonds. The highest BCUT2D eigenvalue weighted by Gasteiger charge is 2.09. The summed E-state index contributed by atoms with van der Waals surface area (Å²) in [6, 6.07) is 14.9. The van der Waals surface area contributed by atoms with Crippen LogP contribution in [0.4, 0.5) is 0 Å². The Morgan fingerprint density at radius 2 is 2.05 bits per heavy atom. The Morgan fingerprint density at radius 1 is 1.24 bits per heavy atom. The van der Waals surface area contributed by atoms with E-state index in [0.717, 1.165) is 27.4 Å². The van der Waals surface area contributed by atoms with Crippen molar-refractivity contribution in [3.8, 4) is 0 Å². The number of hydrogen-bond acceptors (Lipinski definition) is 2.